The quantitative estimate of drug-likeness (QED) is 0.602. The van der Waals surface area contributed by atoms with Crippen LogP contribution < -0.4 is 0 Å². The molecule has 0 amide bonds. The summed E-state index contributed by atoms with van der Waals surface area (Å²) in [6.45, 7) is 5.90. The molecule has 2 atom stereocenters. The molecule has 3 nitrogen and oxygen atoms in total. The van der Waals surface area contributed by atoms with Crippen molar-refractivity contribution >= 4 is 5.97 Å². The van der Waals surface area contributed by atoms with Crippen molar-refractivity contribution in [3.63, 3.8) is 0 Å². The van der Waals surface area contributed by atoms with Crippen LogP contribution in [0.5, 0.6) is 0 Å². The van der Waals surface area contributed by atoms with Crippen LogP contribution in [-0.2, 0) is 9.53 Å². The Balaban J connectivity index is 2.45. The molecule has 0 spiro atoms. The molecule has 2 aliphatic rings. The first-order valence-corrected chi connectivity index (χ1v) is 5.25. The van der Waals surface area contributed by atoms with Crippen molar-refractivity contribution in [2.45, 2.75) is 57.7 Å². The van der Waals surface area contributed by atoms with Gasteiger partial charge in [0.05, 0.1) is 6.42 Å². The van der Waals surface area contributed by atoms with Crippen molar-refractivity contribution in [1.29, 1.82) is 0 Å². The topological polar surface area (TPSA) is 46.5 Å². The Labute approximate surface area is 84.4 Å². The van der Waals surface area contributed by atoms with E-state index in [1.165, 1.54) is 0 Å². The smallest absolute Gasteiger partial charge is 0.309 e. The molecule has 2 rings (SSSR count). The van der Waals surface area contributed by atoms with Crippen molar-refractivity contribution in [1.82, 2.24) is 0 Å². The van der Waals surface area contributed by atoms with Crippen LogP contribution in [0.3, 0.4) is 0 Å². The molecule has 0 aromatic rings. The summed E-state index contributed by atoms with van der Waals surface area (Å²) in [4.78, 5) is 11.3. The minimum Gasteiger partial charge on any atom is -0.456 e. The zero-order chi connectivity index (χ0) is 10.6. The molecule has 80 valence electrons. The van der Waals surface area contributed by atoms with E-state index in [0.29, 0.717) is 0 Å². The molecule has 1 aliphatic heterocycles. The van der Waals surface area contributed by atoms with E-state index in [9.17, 15) is 9.90 Å². The number of esters is 1. The molecule has 14 heavy (non-hydrogen) atoms. The maximum absolute atomic E-state index is 11.3. The molecule has 1 saturated heterocycles. The largest absolute Gasteiger partial charge is 0.456 e. The highest BCUT2D eigenvalue weighted by molar-refractivity contribution is 5.75. The number of aliphatic hydroxyl groups is 1. The average molecular weight is 198 g/mol. The van der Waals surface area contributed by atoms with Crippen molar-refractivity contribution in [2.24, 2.45) is 5.41 Å². The number of ether oxygens (including phenoxy) is 1. The van der Waals surface area contributed by atoms with Gasteiger partial charge in [-0.05, 0) is 31.6 Å². The zero-order valence-corrected chi connectivity index (χ0v) is 9.09. The van der Waals surface area contributed by atoms with Crippen LogP contribution in [0.4, 0.5) is 0 Å². The van der Waals surface area contributed by atoms with Crippen LogP contribution in [0, 0.1) is 5.41 Å². The molecular formula is C11H18O3. The van der Waals surface area contributed by atoms with Gasteiger partial charge in [-0.3, -0.25) is 4.79 Å². The van der Waals surface area contributed by atoms with Gasteiger partial charge in [0.1, 0.15) is 11.2 Å². The predicted octanol–water partition coefficient (Wildman–Crippen LogP) is 1.63. The lowest BCUT2D eigenvalue weighted by Crippen LogP contribution is -2.60. The molecule has 1 saturated carbocycles. The molecule has 0 aromatic carbocycles. The number of hydrogen-bond acceptors (Lipinski definition) is 3. The Morgan fingerprint density at radius 3 is 2.50 bits per heavy atom. The molecule has 0 aromatic heterocycles. The van der Waals surface area contributed by atoms with Crippen LogP contribution in [0.1, 0.15) is 46.5 Å². The Morgan fingerprint density at radius 1 is 1.29 bits per heavy atom. The molecule has 3 heteroatoms. The van der Waals surface area contributed by atoms with E-state index in [1.54, 1.807) is 0 Å². The van der Waals surface area contributed by atoms with Crippen LogP contribution in [0.15, 0.2) is 0 Å². The van der Waals surface area contributed by atoms with Gasteiger partial charge in [0.15, 0.2) is 0 Å². The first kappa shape index (κ1) is 9.97. The average Bonchev–Trinajstić information content (AvgIpc) is 2.22. The lowest BCUT2D eigenvalue weighted by atomic mass is 9.58. The summed E-state index contributed by atoms with van der Waals surface area (Å²) >= 11 is 0. The second kappa shape index (κ2) is 2.51. The summed E-state index contributed by atoms with van der Waals surface area (Å²) in [7, 11) is 0. The van der Waals surface area contributed by atoms with Crippen molar-refractivity contribution < 1.29 is 14.6 Å². The number of fused-ring (bicyclic) bond motifs is 1. The van der Waals surface area contributed by atoms with Gasteiger partial charge in [-0.15, -0.1) is 0 Å². The number of carbonyl (C=O) groups is 1. The van der Waals surface area contributed by atoms with E-state index < -0.39 is 11.2 Å². The summed E-state index contributed by atoms with van der Waals surface area (Å²) in [6.07, 6.45) is 2.89. The van der Waals surface area contributed by atoms with Gasteiger partial charge in [0, 0.05) is 0 Å². The highest BCUT2D eigenvalue weighted by Crippen LogP contribution is 2.55. The standard InChI is InChI=1S/C11H18O3/c1-9(2)5-4-6-10(3)11(9,13)7-8(12)14-10/h13H,4-7H2,1-3H3/t10-,11-/m1/s1. The monoisotopic (exact) mass is 198 g/mol. The first-order valence-electron chi connectivity index (χ1n) is 5.25. The summed E-state index contributed by atoms with van der Waals surface area (Å²) in [5.41, 5.74) is -1.87. The summed E-state index contributed by atoms with van der Waals surface area (Å²) in [6, 6.07) is 0. The molecule has 0 radical (unpaired) electrons. The molecule has 0 bridgehead atoms. The molecule has 1 N–H and O–H groups in total. The van der Waals surface area contributed by atoms with E-state index in [0.717, 1.165) is 19.3 Å². The summed E-state index contributed by atoms with van der Waals surface area (Å²) < 4.78 is 5.30. The Bertz CT molecular complexity index is 284. The fourth-order valence-electron chi connectivity index (χ4n) is 3.05. The van der Waals surface area contributed by atoms with Crippen LogP contribution >= 0.6 is 0 Å². The molecule has 1 aliphatic carbocycles. The molecule has 2 fully saturated rings. The lowest BCUT2D eigenvalue weighted by Gasteiger charge is -2.51. The minimum absolute atomic E-state index is 0.149. The molecule has 0 unspecified atom stereocenters. The third-order valence-corrected chi connectivity index (χ3v) is 4.19. The van der Waals surface area contributed by atoms with Crippen molar-refractivity contribution in [3.8, 4) is 0 Å². The second-order valence-electron chi connectivity index (χ2n) is 5.48. The maximum Gasteiger partial charge on any atom is 0.309 e. The minimum atomic E-state index is -0.977. The van der Waals surface area contributed by atoms with E-state index in [1.807, 2.05) is 20.8 Å². The number of carbonyl (C=O) groups excluding carboxylic acids is 1. The van der Waals surface area contributed by atoms with Gasteiger partial charge < -0.3 is 9.84 Å². The van der Waals surface area contributed by atoms with Gasteiger partial charge in [-0.1, -0.05) is 13.8 Å². The number of rotatable bonds is 0. The van der Waals surface area contributed by atoms with E-state index in [4.69, 9.17) is 4.74 Å². The third kappa shape index (κ3) is 0.991. The molecule has 1 heterocycles. The fraction of sp³-hybridized carbons (Fsp3) is 0.909. The Morgan fingerprint density at radius 2 is 1.93 bits per heavy atom. The fourth-order valence-corrected chi connectivity index (χ4v) is 3.05. The number of hydrogen-bond donors (Lipinski definition) is 1. The van der Waals surface area contributed by atoms with Crippen molar-refractivity contribution in [2.75, 3.05) is 0 Å². The van der Waals surface area contributed by atoms with Gasteiger partial charge >= 0.3 is 5.97 Å². The van der Waals surface area contributed by atoms with Gasteiger partial charge in [-0.2, -0.15) is 0 Å². The highest BCUT2D eigenvalue weighted by atomic mass is 16.6. The van der Waals surface area contributed by atoms with Crippen LogP contribution in [-0.4, -0.2) is 22.3 Å². The normalized spacial score (nSPS) is 45.9. The Kier molecular flexibility index (Phi) is 1.79. The van der Waals surface area contributed by atoms with E-state index in [-0.39, 0.29) is 17.8 Å². The van der Waals surface area contributed by atoms with Crippen LogP contribution in [0.2, 0.25) is 0 Å². The summed E-state index contributed by atoms with van der Waals surface area (Å²) in [5, 5.41) is 10.6. The van der Waals surface area contributed by atoms with Gasteiger partial charge in [0.25, 0.3) is 0 Å². The van der Waals surface area contributed by atoms with Gasteiger partial charge in [-0.25, -0.2) is 0 Å². The maximum atomic E-state index is 11.3. The van der Waals surface area contributed by atoms with E-state index in [2.05, 4.69) is 0 Å². The SMILES string of the molecule is CC1(C)CCC[C@@]2(C)OC(=O)C[C@@]12O. The third-order valence-electron chi connectivity index (χ3n) is 4.19. The Hall–Kier alpha value is -0.570. The van der Waals surface area contributed by atoms with Crippen LogP contribution in [0.25, 0.3) is 0 Å². The van der Waals surface area contributed by atoms with Gasteiger partial charge in [0.2, 0.25) is 0 Å². The van der Waals surface area contributed by atoms with E-state index >= 15 is 0 Å². The first-order chi connectivity index (χ1) is 6.31. The van der Waals surface area contributed by atoms with Crippen molar-refractivity contribution in [3.05, 3.63) is 0 Å². The summed E-state index contributed by atoms with van der Waals surface area (Å²) in [5.74, 6) is -0.259. The predicted molar refractivity (Wildman–Crippen MR) is 51.7 cm³/mol. The zero-order valence-electron chi connectivity index (χ0n) is 9.09. The highest BCUT2D eigenvalue weighted by Gasteiger charge is 2.65. The lowest BCUT2D eigenvalue weighted by molar-refractivity contribution is -0.194. The molecular weight excluding hydrogens is 180 g/mol. The second-order valence-corrected chi connectivity index (χ2v) is 5.48.